The SMILES string of the molecule is Cc1cc(-c2sc(NC(=O)N3CC4CCC(C3)N(C)C4)nc2-c2cccc(C#N)c2)cc(C)n1. The van der Waals surface area contributed by atoms with Crippen LogP contribution in [0, 0.1) is 31.1 Å². The lowest BCUT2D eigenvalue weighted by Crippen LogP contribution is -2.42. The van der Waals surface area contributed by atoms with Gasteiger partial charge in [0, 0.05) is 42.6 Å². The summed E-state index contributed by atoms with van der Waals surface area (Å²) >= 11 is 1.46. The molecule has 3 aliphatic rings. The van der Waals surface area contributed by atoms with Crippen LogP contribution in [-0.2, 0) is 0 Å². The standard InChI is InChI=1S/C26H28N6OS/c1-16-9-21(10-17(2)28-16)24-23(20-6-4-5-18(11-20)12-27)29-25(34-24)30-26(33)32-14-19-7-8-22(15-32)31(3)13-19/h4-6,9-11,19,22H,7-8,13-15H2,1-3H3,(H,29,30,33). The number of benzene rings is 1. The highest BCUT2D eigenvalue weighted by Crippen LogP contribution is 2.40. The number of rotatable bonds is 3. The van der Waals surface area contributed by atoms with Gasteiger partial charge in [0.1, 0.15) is 0 Å². The third-order valence-corrected chi connectivity index (χ3v) is 7.74. The largest absolute Gasteiger partial charge is 0.323 e. The van der Waals surface area contributed by atoms with Gasteiger partial charge in [-0.15, -0.1) is 0 Å². The molecule has 5 heterocycles. The zero-order valence-corrected chi connectivity index (χ0v) is 20.5. The highest BCUT2D eigenvalue weighted by Gasteiger charge is 2.35. The summed E-state index contributed by atoms with van der Waals surface area (Å²) in [7, 11) is 2.16. The van der Waals surface area contributed by atoms with Crippen molar-refractivity contribution in [2.24, 2.45) is 5.92 Å². The fourth-order valence-electron chi connectivity index (χ4n) is 5.12. The number of piperidine rings is 1. The number of fused-ring (bicyclic) bond motifs is 4. The predicted octanol–water partition coefficient (Wildman–Crippen LogP) is 4.92. The van der Waals surface area contributed by atoms with Gasteiger partial charge in [-0.25, -0.2) is 9.78 Å². The minimum atomic E-state index is -0.0908. The number of hydrogen-bond acceptors (Lipinski definition) is 6. The number of aromatic nitrogens is 2. The molecule has 2 unspecified atom stereocenters. The van der Waals surface area contributed by atoms with Gasteiger partial charge in [-0.1, -0.05) is 23.5 Å². The Balaban J connectivity index is 1.49. The van der Waals surface area contributed by atoms with Gasteiger partial charge >= 0.3 is 6.03 Å². The van der Waals surface area contributed by atoms with Gasteiger partial charge in [0.15, 0.2) is 5.13 Å². The molecule has 34 heavy (non-hydrogen) atoms. The Morgan fingerprint density at radius 2 is 1.88 bits per heavy atom. The molecule has 0 radical (unpaired) electrons. The fourth-order valence-corrected chi connectivity index (χ4v) is 6.08. The highest BCUT2D eigenvalue weighted by atomic mass is 32.1. The Kier molecular flexibility index (Phi) is 6.07. The summed E-state index contributed by atoms with van der Waals surface area (Å²) in [6.07, 6.45) is 2.33. The molecule has 1 aromatic carbocycles. The first kappa shape index (κ1) is 22.5. The van der Waals surface area contributed by atoms with Crippen LogP contribution in [0.4, 0.5) is 9.93 Å². The molecule has 0 saturated carbocycles. The molecule has 3 aliphatic heterocycles. The second kappa shape index (κ2) is 9.16. The van der Waals surface area contributed by atoms with Gasteiger partial charge in [-0.2, -0.15) is 5.26 Å². The molecular formula is C26H28N6OS. The van der Waals surface area contributed by atoms with Crippen LogP contribution >= 0.6 is 11.3 Å². The lowest BCUT2D eigenvalue weighted by Gasteiger charge is -2.32. The quantitative estimate of drug-likeness (QED) is 0.585. The van der Waals surface area contributed by atoms with Crippen LogP contribution in [0.25, 0.3) is 21.7 Å². The number of amides is 2. The third-order valence-electron chi connectivity index (χ3n) is 6.72. The summed E-state index contributed by atoms with van der Waals surface area (Å²) < 4.78 is 0. The molecule has 1 N–H and O–H groups in total. The smallest absolute Gasteiger partial charge is 0.323 e. The second-order valence-corrected chi connectivity index (χ2v) is 10.4. The number of urea groups is 1. The maximum Gasteiger partial charge on any atom is 0.323 e. The van der Waals surface area contributed by atoms with E-state index in [4.69, 9.17) is 4.98 Å². The number of thiazole rings is 1. The molecule has 3 saturated heterocycles. The van der Waals surface area contributed by atoms with E-state index in [9.17, 15) is 10.1 Å². The molecule has 3 fully saturated rings. The van der Waals surface area contributed by atoms with Crippen LogP contribution in [0.5, 0.6) is 0 Å². The number of carbonyl (C=O) groups excluding carboxylic acids is 1. The molecule has 2 atom stereocenters. The summed E-state index contributed by atoms with van der Waals surface area (Å²) in [5, 5.41) is 13.0. The van der Waals surface area contributed by atoms with Crippen molar-refractivity contribution < 1.29 is 4.79 Å². The van der Waals surface area contributed by atoms with Crippen LogP contribution < -0.4 is 5.32 Å². The van der Waals surface area contributed by atoms with E-state index >= 15 is 0 Å². The Bertz CT molecular complexity index is 1260. The molecule has 2 bridgehead atoms. The minimum absolute atomic E-state index is 0.0908. The zero-order chi connectivity index (χ0) is 23.8. The lowest BCUT2D eigenvalue weighted by molar-refractivity contribution is 0.166. The summed E-state index contributed by atoms with van der Waals surface area (Å²) in [4.78, 5) is 27.9. The number of nitrogens with one attached hydrogen (secondary N) is 1. The van der Waals surface area contributed by atoms with Gasteiger partial charge in [0.2, 0.25) is 0 Å². The van der Waals surface area contributed by atoms with Crippen LogP contribution in [0.15, 0.2) is 36.4 Å². The van der Waals surface area contributed by atoms with Crippen LogP contribution in [0.1, 0.15) is 29.8 Å². The molecular weight excluding hydrogens is 444 g/mol. The van der Waals surface area contributed by atoms with E-state index in [1.165, 1.54) is 17.8 Å². The molecule has 3 aromatic rings. The van der Waals surface area contributed by atoms with E-state index in [1.807, 2.05) is 49.1 Å². The lowest BCUT2D eigenvalue weighted by atomic mass is 9.96. The molecule has 8 heteroatoms. The van der Waals surface area contributed by atoms with Crippen molar-refractivity contribution in [2.75, 3.05) is 32.0 Å². The van der Waals surface area contributed by atoms with Crippen LogP contribution in [0.2, 0.25) is 0 Å². The zero-order valence-electron chi connectivity index (χ0n) is 19.7. The average Bonchev–Trinajstić information content (AvgIpc) is 3.02. The Hall–Kier alpha value is -3.28. The number of likely N-dealkylation sites (N-methyl/N-ethyl adjacent to an activating group) is 1. The van der Waals surface area contributed by atoms with Crippen LogP contribution in [0.3, 0.4) is 0 Å². The number of nitriles is 1. The van der Waals surface area contributed by atoms with Crippen molar-refractivity contribution in [1.29, 1.82) is 5.26 Å². The van der Waals surface area contributed by atoms with Crippen molar-refractivity contribution in [2.45, 2.75) is 32.7 Å². The highest BCUT2D eigenvalue weighted by molar-refractivity contribution is 7.19. The van der Waals surface area contributed by atoms with Gasteiger partial charge < -0.3 is 9.80 Å². The van der Waals surface area contributed by atoms with Crippen LogP contribution in [-0.4, -0.2) is 58.5 Å². The normalized spacial score (nSPS) is 20.1. The Morgan fingerprint density at radius 3 is 2.62 bits per heavy atom. The minimum Gasteiger partial charge on any atom is -0.323 e. The molecule has 174 valence electrons. The van der Waals surface area contributed by atoms with Gasteiger partial charge in [0.05, 0.1) is 22.2 Å². The molecule has 0 spiro atoms. The summed E-state index contributed by atoms with van der Waals surface area (Å²) in [6.45, 7) is 6.53. The fraction of sp³-hybridized carbons (Fsp3) is 0.385. The van der Waals surface area contributed by atoms with E-state index in [0.29, 0.717) is 22.7 Å². The van der Waals surface area contributed by atoms with E-state index in [1.54, 1.807) is 6.07 Å². The predicted molar refractivity (Wildman–Crippen MR) is 135 cm³/mol. The summed E-state index contributed by atoms with van der Waals surface area (Å²) in [6, 6.07) is 14.0. The van der Waals surface area contributed by atoms with Crippen molar-refractivity contribution in [1.82, 2.24) is 19.8 Å². The first-order valence-corrected chi connectivity index (χ1v) is 12.4. The van der Waals surface area contributed by atoms with E-state index in [0.717, 1.165) is 59.1 Å². The number of nitrogens with zero attached hydrogens (tertiary/aromatic N) is 5. The molecule has 0 aliphatic carbocycles. The molecule has 2 amide bonds. The number of anilines is 1. The topological polar surface area (TPSA) is 85.2 Å². The Morgan fingerprint density at radius 1 is 1.09 bits per heavy atom. The second-order valence-electron chi connectivity index (χ2n) is 9.40. The summed E-state index contributed by atoms with van der Waals surface area (Å²) in [5.41, 5.74) is 5.05. The number of hydrogen-bond donors (Lipinski definition) is 1. The number of aryl methyl sites for hydroxylation is 2. The van der Waals surface area contributed by atoms with E-state index in [-0.39, 0.29) is 6.03 Å². The van der Waals surface area contributed by atoms with Crippen molar-refractivity contribution >= 4 is 22.5 Å². The monoisotopic (exact) mass is 472 g/mol. The first-order valence-electron chi connectivity index (χ1n) is 11.6. The van der Waals surface area contributed by atoms with Gasteiger partial charge in [-0.05, 0) is 69.5 Å². The van der Waals surface area contributed by atoms with E-state index in [2.05, 4.69) is 28.3 Å². The maximum atomic E-state index is 13.3. The van der Waals surface area contributed by atoms with Gasteiger partial charge in [-0.3, -0.25) is 10.3 Å². The van der Waals surface area contributed by atoms with Gasteiger partial charge in [0.25, 0.3) is 0 Å². The maximum absolute atomic E-state index is 13.3. The average molecular weight is 473 g/mol. The number of pyridine rings is 1. The Labute approximate surface area is 204 Å². The molecule has 7 nitrogen and oxygen atoms in total. The summed E-state index contributed by atoms with van der Waals surface area (Å²) in [5.74, 6) is 0.522. The van der Waals surface area contributed by atoms with Crippen molar-refractivity contribution in [3.8, 4) is 27.8 Å². The van der Waals surface area contributed by atoms with E-state index < -0.39 is 0 Å². The number of carbonyl (C=O) groups is 1. The van der Waals surface area contributed by atoms with Crippen molar-refractivity contribution in [3.05, 3.63) is 53.3 Å². The molecule has 2 aromatic heterocycles. The third kappa shape index (κ3) is 4.54. The molecule has 6 rings (SSSR count). The first-order chi connectivity index (χ1) is 16.4. The van der Waals surface area contributed by atoms with Crippen molar-refractivity contribution in [3.63, 3.8) is 0 Å².